The normalized spacial score (nSPS) is 28.8. The van der Waals surface area contributed by atoms with Crippen molar-refractivity contribution < 1.29 is 18.0 Å². The van der Waals surface area contributed by atoms with E-state index in [0.29, 0.717) is 19.4 Å². The highest BCUT2D eigenvalue weighted by Crippen LogP contribution is 2.35. The monoisotopic (exact) mass is 321 g/mol. The molecule has 0 spiro atoms. The van der Waals surface area contributed by atoms with Crippen molar-refractivity contribution in [2.45, 2.75) is 42.9 Å². The van der Waals surface area contributed by atoms with Crippen LogP contribution in [-0.2, 0) is 19.4 Å². The predicted octanol–water partition coefficient (Wildman–Crippen LogP) is 1.35. The number of aryl methyl sites for hydroxylation is 1. The Bertz CT molecular complexity index is 723. The number of hydrogen-bond donors (Lipinski definition) is 0. The Labute approximate surface area is 130 Å². The first-order valence-electron chi connectivity index (χ1n) is 7.46. The Hall–Kier alpha value is -1.69. The molecular weight excluding hydrogens is 302 g/mol. The molecule has 1 unspecified atom stereocenters. The molecule has 1 amide bonds. The third kappa shape index (κ3) is 2.26. The van der Waals surface area contributed by atoms with Crippen LogP contribution in [0.2, 0.25) is 0 Å². The second-order valence-corrected chi connectivity index (χ2v) is 8.30. The first-order chi connectivity index (χ1) is 10.3. The Morgan fingerprint density at radius 2 is 1.77 bits per heavy atom. The van der Waals surface area contributed by atoms with E-state index in [1.807, 2.05) is 6.92 Å². The minimum atomic E-state index is -3.78. The molecule has 22 heavy (non-hydrogen) atoms. The summed E-state index contributed by atoms with van der Waals surface area (Å²) >= 11 is 0. The molecule has 2 fully saturated rings. The summed E-state index contributed by atoms with van der Waals surface area (Å²) in [5.41, 5.74) is 0.958. The Kier molecular flexibility index (Phi) is 3.59. The quantitative estimate of drug-likeness (QED) is 0.824. The summed E-state index contributed by atoms with van der Waals surface area (Å²) in [7, 11) is -3.78. The van der Waals surface area contributed by atoms with E-state index in [0.717, 1.165) is 5.56 Å². The third-order valence-corrected chi connectivity index (χ3v) is 6.79. The van der Waals surface area contributed by atoms with Gasteiger partial charge in [0.05, 0.1) is 10.9 Å². The maximum atomic E-state index is 12.9. The van der Waals surface area contributed by atoms with Crippen LogP contribution in [0.25, 0.3) is 0 Å². The van der Waals surface area contributed by atoms with Crippen LogP contribution >= 0.6 is 0 Å². The Morgan fingerprint density at radius 3 is 2.41 bits per heavy atom. The van der Waals surface area contributed by atoms with E-state index in [4.69, 9.17) is 0 Å². The van der Waals surface area contributed by atoms with Crippen LogP contribution in [0.5, 0.6) is 0 Å². The van der Waals surface area contributed by atoms with Crippen molar-refractivity contribution in [3.8, 4) is 0 Å². The molecule has 0 aromatic heterocycles. The lowest BCUT2D eigenvalue weighted by Crippen LogP contribution is -2.57. The van der Waals surface area contributed by atoms with Gasteiger partial charge in [0.1, 0.15) is 5.25 Å². The highest BCUT2D eigenvalue weighted by molar-refractivity contribution is 7.93. The zero-order valence-corrected chi connectivity index (χ0v) is 13.5. The zero-order valence-electron chi connectivity index (χ0n) is 12.7. The molecule has 0 radical (unpaired) electrons. The van der Waals surface area contributed by atoms with Crippen LogP contribution in [0.15, 0.2) is 29.2 Å². The lowest BCUT2D eigenvalue weighted by molar-refractivity contribution is -0.135. The minimum Gasteiger partial charge on any atom is -0.337 e. The fourth-order valence-corrected chi connectivity index (χ4v) is 5.44. The number of amides is 1. The van der Waals surface area contributed by atoms with E-state index in [1.54, 1.807) is 36.1 Å². The molecule has 3 rings (SSSR count). The number of nitrogens with zero attached hydrogens (tertiary/aromatic N) is 1. The smallest absolute Gasteiger partial charge is 0.222 e. The topological polar surface area (TPSA) is 71.5 Å². The van der Waals surface area contributed by atoms with Crippen molar-refractivity contribution in [2.75, 3.05) is 6.54 Å². The van der Waals surface area contributed by atoms with Gasteiger partial charge in [-0.15, -0.1) is 0 Å². The van der Waals surface area contributed by atoms with Gasteiger partial charge in [-0.25, -0.2) is 8.42 Å². The summed E-state index contributed by atoms with van der Waals surface area (Å²) in [4.78, 5) is 26.2. The molecule has 0 saturated carbocycles. The first kappa shape index (κ1) is 15.2. The second kappa shape index (κ2) is 5.19. The summed E-state index contributed by atoms with van der Waals surface area (Å²) in [5.74, 6) is -0.756. The molecular formula is C16H19NO4S. The third-order valence-electron chi connectivity index (χ3n) is 4.64. The van der Waals surface area contributed by atoms with Crippen LogP contribution < -0.4 is 0 Å². The van der Waals surface area contributed by atoms with Gasteiger partial charge in [-0.05, 0) is 25.5 Å². The Balaban J connectivity index is 2.05. The standard InChI is InChI=1S/C16H19NO4S/c1-10-3-5-12(6-4-10)22(20,21)16-13-7-8-14(18)17(13)9-11(2)15(16)19/h3-6,11,13,16H,7-9H2,1-2H3/t11?,13-,16-/m1/s1. The number of hydrogen-bond acceptors (Lipinski definition) is 4. The zero-order chi connectivity index (χ0) is 16.1. The lowest BCUT2D eigenvalue weighted by Gasteiger charge is -2.38. The van der Waals surface area contributed by atoms with E-state index >= 15 is 0 Å². The fraction of sp³-hybridized carbons (Fsp3) is 0.500. The average Bonchev–Trinajstić information content (AvgIpc) is 2.81. The Morgan fingerprint density at radius 1 is 1.14 bits per heavy atom. The van der Waals surface area contributed by atoms with Crippen molar-refractivity contribution in [1.82, 2.24) is 4.90 Å². The van der Waals surface area contributed by atoms with Gasteiger partial charge in [0.25, 0.3) is 0 Å². The highest BCUT2D eigenvalue weighted by Gasteiger charge is 2.52. The maximum absolute atomic E-state index is 12.9. The van der Waals surface area contributed by atoms with Crippen LogP contribution in [0.1, 0.15) is 25.3 Å². The van der Waals surface area contributed by atoms with Gasteiger partial charge in [-0.3, -0.25) is 9.59 Å². The number of sulfone groups is 1. The molecule has 0 aliphatic carbocycles. The van der Waals surface area contributed by atoms with Gasteiger partial charge in [0.15, 0.2) is 15.6 Å². The fourth-order valence-electron chi connectivity index (χ4n) is 3.40. The molecule has 2 aliphatic rings. The molecule has 1 aromatic rings. The van der Waals surface area contributed by atoms with Crippen molar-refractivity contribution in [1.29, 1.82) is 0 Å². The highest BCUT2D eigenvalue weighted by atomic mass is 32.2. The SMILES string of the molecule is Cc1ccc(S(=O)(=O)[C@H]2C(=O)C(C)CN3C(=O)CC[C@H]23)cc1. The van der Waals surface area contributed by atoms with E-state index < -0.39 is 27.0 Å². The number of benzene rings is 1. The summed E-state index contributed by atoms with van der Waals surface area (Å²) in [5, 5.41) is -1.13. The summed E-state index contributed by atoms with van der Waals surface area (Å²) in [6, 6.07) is 6.02. The second-order valence-electron chi connectivity index (χ2n) is 6.23. The summed E-state index contributed by atoms with van der Waals surface area (Å²) in [6.45, 7) is 3.91. The average molecular weight is 321 g/mol. The molecule has 3 atom stereocenters. The molecule has 2 aliphatic heterocycles. The number of piperidine rings is 1. The van der Waals surface area contributed by atoms with E-state index in [1.165, 1.54) is 0 Å². The van der Waals surface area contributed by atoms with Gasteiger partial charge in [-0.1, -0.05) is 24.6 Å². The number of rotatable bonds is 2. The summed E-state index contributed by atoms with van der Waals surface area (Å²) in [6.07, 6.45) is 0.762. The molecule has 2 saturated heterocycles. The first-order valence-corrected chi connectivity index (χ1v) is 9.01. The largest absolute Gasteiger partial charge is 0.337 e. The van der Waals surface area contributed by atoms with E-state index in [-0.39, 0.29) is 16.6 Å². The number of carbonyl (C=O) groups excluding carboxylic acids is 2. The van der Waals surface area contributed by atoms with Crippen molar-refractivity contribution in [2.24, 2.45) is 5.92 Å². The predicted molar refractivity (Wildman–Crippen MR) is 81.1 cm³/mol. The van der Waals surface area contributed by atoms with Crippen molar-refractivity contribution in [3.05, 3.63) is 29.8 Å². The maximum Gasteiger partial charge on any atom is 0.222 e. The number of carbonyl (C=O) groups is 2. The number of fused-ring (bicyclic) bond motifs is 1. The van der Waals surface area contributed by atoms with Gasteiger partial charge >= 0.3 is 0 Å². The van der Waals surface area contributed by atoms with Crippen molar-refractivity contribution in [3.63, 3.8) is 0 Å². The van der Waals surface area contributed by atoms with Gasteiger partial charge in [0, 0.05) is 18.9 Å². The van der Waals surface area contributed by atoms with E-state index in [9.17, 15) is 18.0 Å². The minimum absolute atomic E-state index is 0.0477. The van der Waals surface area contributed by atoms with Gasteiger partial charge < -0.3 is 4.90 Å². The van der Waals surface area contributed by atoms with Gasteiger partial charge in [0.2, 0.25) is 5.91 Å². The molecule has 0 N–H and O–H groups in total. The van der Waals surface area contributed by atoms with E-state index in [2.05, 4.69) is 0 Å². The van der Waals surface area contributed by atoms with Crippen LogP contribution in [0.3, 0.4) is 0 Å². The number of Topliss-reactive ketones (excluding diaryl/α,β-unsaturated/α-hetero) is 1. The van der Waals surface area contributed by atoms with Crippen molar-refractivity contribution >= 4 is 21.5 Å². The molecule has 2 heterocycles. The molecule has 6 heteroatoms. The number of ketones is 1. The van der Waals surface area contributed by atoms with Crippen LogP contribution in [0.4, 0.5) is 0 Å². The lowest BCUT2D eigenvalue weighted by atomic mass is 9.93. The van der Waals surface area contributed by atoms with Gasteiger partial charge in [-0.2, -0.15) is 0 Å². The molecule has 0 bridgehead atoms. The molecule has 5 nitrogen and oxygen atoms in total. The molecule has 118 valence electrons. The summed E-state index contributed by atoms with van der Waals surface area (Å²) < 4.78 is 25.9. The van der Waals surface area contributed by atoms with Crippen LogP contribution in [0, 0.1) is 12.8 Å². The molecule has 1 aromatic carbocycles. The van der Waals surface area contributed by atoms with Crippen LogP contribution in [-0.4, -0.2) is 42.8 Å².